The molecule has 80 valence electrons. The molecule has 6 heteroatoms. The summed E-state index contributed by atoms with van der Waals surface area (Å²) in [6.45, 7) is 0. The summed E-state index contributed by atoms with van der Waals surface area (Å²) in [5, 5.41) is 9.89. The molecule has 0 saturated carbocycles. The first-order chi connectivity index (χ1) is 7.75. The van der Waals surface area contributed by atoms with Gasteiger partial charge in [-0.2, -0.15) is 10.2 Å². The zero-order valence-corrected chi connectivity index (χ0v) is 10.2. The summed E-state index contributed by atoms with van der Waals surface area (Å²) in [5.74, 6) is 0.269. The molecule has 0 atom stereocenters. The molecule has 0 aliphatic heterocycles. The van der Waals surface area contributed by atoms with Gasteiger partial charge in [0.05, 0.1) is 18.0 Å². The van der Waals surface area contributed by atoms with Crippen molar-refractivity contribution in [1.82, 2.24) is 15.2 Å². The minimum Gasteiger partial charge on any atom is -0.307 e. The van der Waals surface area contributed by atoms with E-state index >= 15 is 0 Å². The van der Waals surface area contributed by atoms with Gasteiger partial charge in [-0.15, -0.1) is 0 Å². The van der Waals surface area contributed by atoms with E-state index in [2.05, 4.69) is 43.1 Å². The van der Waals surface area contributed by atoms with E-state index in [4.69, 9.17) is 0 Å². The van der Waals surface area contributed by atoms with Crippen LogP contribution in [0.15, 0.2) is 36.8 Å². The highest BCUT2D eigenvalue weighted by molar-refractivity contribution is 14.1. The summed E-state index contributed by atoms with van der Waals surface area (Å²) < 4.78 is 1.01. The van der Waals surface area contributed by atoms with Crippen LogP contribution < -0.4 is 5.32 Å². The Balaban J connectivity index is 2.11. The highest BCUT2D eigenvalue weighted by Gasteiger charge is 2.06. The third-order valence-corrected chi connectivity index (χ3v) is 2.45. The van der Waals surface area contributed by atoms with E-state index in [0.29, 0.717) is 11.4 Å². The summed E-state index contributed by atoms with van der Waals surface area (Å²) in [4.78, 5) is 15.7. The average molecular weight is 326 g/mol. The zero-order chi connectivity index (χ0) is 11.4. The first-order valence-electron chi connectivity index (χ1n) is 4.45. The minimum atomic E-state index is -0.247. The second-order valence-electron chi connectivity index (χ2n) is 2.95. The lowest BCUT2D eigenvalue weighted by molar-refractivity contribution is 0.102. The van der Waals surface area contributed by atoms with Crippen molar-refractivity contribution in [1.29, 1.82) is 0 Å². The Bertz CT molecular complexity index is 486. The van der Waals surface area contributed by atoms with E-state index in [0.717, 1.165) is 3.57 Å². The van der Waals surface area contributed by atoms with Gasteiger partial charge < -0.3 is 5.32 Å². The normalized spacial score (nSPS) is 9.81. The maximum atomic E-state index is 11.7. The second-order valence-corrected chi connectivity index (χ2v) is 4.19. The SMILES string of the molecule is O=C(Nc1ccc(I)cn1)c1ccnnc1. The van der Waals surface area contributed by atoms with E-state index in [1.165, 1.54) is 12.4 Å². The predicted molar refractivity (Wildman–Crippen MR) is 66.9 cm³/mol. The molecule has 0 fully saturated rings. The molecule has 0 aliphatic carbocycles. The molecule has 0 unspecified atom stereocenters. The smallest absolute Gasteiger partial charge is 0.258 e. The summed E-state index contributed by atoms with van der Waals surface area (Å²) >= 11 is 2.15. The molecule has 0 aliphatic rings. The minimum absolute atomic E-state index is 0.247. The van der Waals surface area contributed by atoms with Crippen molar-refractivity contribution in [3.8, 4) is 0 Å². The van der Waals surface area contributed by atoms with Gasteiger partial charge in [0.15, 0.2) is 0 Å². The second kappa shape index (κ2) is 4.97. The highest BCUT2D eigenvalue weighted by atomic mass is 127. The van der Waals surface area contributed by atoms with Gasteiger partial charge in [-0.3, -0.25) is 4.79 Å². The summed E-state index contributed by atoms with van der Waals surface area (Å²) in [6, 6.07) is 5.21. The van der Waals surface area contributed by atoms with Gasteiger partial charge in [-0.25, -0.2) is 4.98 Å². The summed E-state index contributed by atoms with van der Waals surface area (Å²) in [6.07, 6.45) is 4.55. The fourth-order valence-electron chi connectivity index (χ4n) is 1.06. The Morgan fingerprint density at radius 2 is 2.06 bits per heavy atom. The fourth-order valence-corrected chi connectivity index (χ4v) is 1.38. The molecule has 2 aromatic heterocycles. The standard InChI is InChI=1S/C10H7IN4O/c11-8-1-2-9(12-6-8)15-10(16)7-3-4-13-14-5-7/h1-6H,(H,12,15,16). The van der Waals surface area contributed by atoms with Crippen LogP contribution in [0, 0.1) is 3.57 Å². The van der Waals surface area contributed by atoms with Crippen LogP contribution in [0.1, 0.15) is 10.4 Å². The first-order valence-corrected chi connectivity index (χ1v) is 5.53. The van der Waals surface area contributed by atoms with Crippen molar-refractivity contribution >= 4 is 34.3 Å². The van der Waals surface area contributed by atoms with Crippen LogP contribution in [0.4, 0.5) is 5.82 Å². The molecule has 2 rings (SSSR count). The molecule has 2 heterocycles. The number of hydrogen-bond donors (Lipinski definition) is 1. The first kappa shape index (κ1) is 10.9. The maximum Gasteiger partial charge on any atom is 0.258 e. The Morgan fingerprint density at radius 1 is 1.19 bits per heavy atom. The van der Waals surface area contributed by atoms with Crippen LogP contribution in [0.3, 0.4) is 0 Å². The molecule has 2 aromatic rings. The monoisotopic (exact) mass is 326 g/mol. The van der Waals surface area contributed by atoms with E-state index in [9.17, 15) is 4.79 Å². The Hall–Kier alpha value is -1.57. The van der Waals surface area contributed by atoms with Gasteiger partial charge in [0.1, 0.15) is 5.82 Å². The van der Waals surface area contributed by atoms with Crippen molar-refractivity contribution in [2.24, 2.45) is 0 Å². The van der Waals surface area contributed by atoms with Crippen LogP contribution >= 0.6 is 22.6 Å². The van der Waals surface area contributed by atoms with Crippen LogP contribution in [0.25, 0.3) is 0 Å². The van der Waals surface area contributed by atoms with Gasteiger partial charge in [-0.1, -0.05) is 0 Å². The van der Waals surface area contributed by atoms with Crippen LogP contribution in [0.5, 0.6) is 0 Å². The van der Waals surface area contributed by atoms with E-state index in [1.807, 2.05) is 6.07 Å². The third kappa shape index (κ3) is 2.72. The largest absolute Gasteiger partial charge is 0.307 e. The number of nitrogens with one attached hydrogen (secondary N) is 1. The lowest BCUT2D eigenvalue weighted by Crippen LogP contribution is -2.13. The molecule has 0 spiro atoms. The van der Waals surface area contributed by atoms with Crippen molar-refractivity contribution in [3.05, 3.63) is 45.9 Å². The molecular formula is C10H7IN4O. The number of amides is 1. The molecule has 1 N–H and O–H groups in total. The summed E-state index contributed by atoms with van der Waals surface area (Å²) in [7, 11) is 0. The lowest BCUT2D eigenvalue weighted by atomic mass is 10.3. The van der Waals surface area contributed by atoms with Gasteiger partial charge >= 0.3 is 0 Å². The van der Waals surface area contributed by atoms with Crippen LogP contribution in [0.2, 0.25) is 0 Å². The number of carbonyl (C=O) groups is 1. The molecular weight excluding hydrogens is 319 g/mol. The van der Waals surface area contributed by atoms with E-state index < -0.39 is 0 Å². The highest BCUT2D eigenvalue weighted by Crippen LogP contribution is 2.08. The van der Waals surface area contributed by atoms with Crippen molar-refractivity contribution in [3.63, 3.8) is 0 Å². The fraction of sp³-hybridized carbons (Fsp3) is 0. The molecule has 0 aromatic carbocycles. The molecule has 0 radical (unpaired) electrons. The molecule has 0 bridgehead atoms. The molecule has 5 nitrogen and oxygen atoms in total. The lowest BCUT2D eigenvalue weighted by Gasteiger charge is -2.03. The Morgan fingerprint density at radius 3 is 2.69 bits per heavy atom. The number of carbonyl (C=O) groups excluding carboxylic acids is 1. The molecule has 0 saturated heterocycles. The number of rotatable bonds is 2. The number of pyridine rings is 1. The third-order valence-electron chi connectivity index (χ3n) is 1.82. The van der Waals surface area contributed by atoms with Crippen molar-refractivity contribution in [2.45, 2.75) is 0 Å². The van der Waals surface area contributed by atoms with Gasteiger partial charge in [0.25, 0.3) is 5.91 Å². The number of anilines is 1. The molecule has 1 amide bonds. The van der Waals surface area contributed by atoms with Crippen LogP contribution in [-0.2, 0) is 0 Å². The Labute approximate surface area is 105 Å². The van der Waals surface area contributed by atoms with Gasteiger partial charge in [0, 0.05) is 9.77 Å². The average Bonchev–Trinajstić information content (AvgIpc) is 2.33. The molecule has 16 heavy (non-hydrogen) atoms. The number of hydrogen-bond acceptors (Lipinski definition) is 4. The summed E-state index contributed by atoms with van der Waals surface area (Å²) in [5.41, 5.74) is 0.454. The van der Waals surface area contributed by atoms with Crippen LogP contribution in [-0.4, -0.2) is 21.1 Å². The number of halogens is 1. The van der Waals surface area contributed by atoms with E-state index in [-0.39, 0.29) is 5.91 Å². The van der Waals surface area contributed by atoms with Gasteiger partial charge in [-0.05, 0) is 40.8 Å². The Kier molecular flexibility index (Phi) is 3.40. The number of nitrogens with zero attached hydrogens (tertiary/aromatic N) is 3. The maximum absolute atomic E-state index is 11.7. The predicted octanol–water partition coefficient (Wildman–Crippen LogP) is 1.73. The topological polar surface area (TPSA) is 67.8 Å². The van der Waals surface area contributed by atoms with Crippen molar-refractivity contribution < 1.29 is 4.79 Å². The quantitative estimate of drug-likeness (QED) is 0.854. The zero-order valence-electron chi connectivity index (χ0n) is 8.09. The van der Waals surface area contributed by atoms with E-state index in [1.54, 1.807) is 18.3 Å². The van der Waals surface area contributed by atoms with Crippen molar-refractivity contribution in [2.75, 3.05) is 5.32 Å². The number of aromatic nitrogens is 3. The van der Waals surface area contributed by atoms with Gasteiger partial charge in [0.2, 0.25) is 0 Å².